The Morgan fingerprint density at radius 2 is 1.83 bits per heavy atom. The van der Waals surface area contributed by atoms with Crippen LogP contribution in [0.4, 0.5) is 13.2 Å². The van der Waals surface area contributed by atoms with E-state index in [9.17, 15) is 18.0 Å². The molecule has 0 aliphatic carbocycles. The first-order valence-electron chi connectivity index (χ1n) is 9.39. The van der Waals surface area contributed by atoms with Gasteiger partial charge in [-0.25, -0.2) is 0 Å². The molecule has 0 aliphatic rings. The van der Waals surface area contributed by atoms with E-state index in [2.05, 4.69) is 29.2 Å². The number of nitrogens with zero attached hydrogens (tertiary/aromatic N) is 3. The predicted octanol–water partition coefficient (Wildman–Crippen LogP) is 4.54. The molecule has 0 unspecified atom stereocenters. The van der Waals surface area contributed by atoms with Gasteiger partial charge in [-0.15, -0.1) is 0 Å². The number of fused-ring (bicyclic) bond motifs is 1. The highest BCUT2D eigenvalue weighted by Crippen LogP contribution is 2.23. The first-order chi connectivity index (χ1) is 13.6. The van der Waals surface area contributed by atoms with E-state index in [1.54, 1.807) is 13.0 Å². The lowest BCUT2D eigenvalue weighted by atomic mass is 10.0. The molecule has 2 aromatic heterocycles. The Morgan fingerprint density at radius 3 is 2.45 bits per heavy atom. The minimum absolute atomic E-state index is 0.149. The van der Waals surface area contributed by atoms with Gasteiger partial charge in [-0.2, -0.15) is 18.3 Å². The van der Waals surface area contributed by atoms with Crippen molar-refractivity contribution in [2.45, 2.75) is 51.9 Å². The second-order valence-corrected chi connectivity index (χ2v) is 7.45. The van der Waals surface area contributed by atoms with Crippen LogP contribution in [0.2, 0.25) is 0 Å². The van der Waals surface area contributed by atoms with Gasteiger partial charge < -0.3 is 5.32 Å². The molecule has 1 aromatic carbocycles. The fourth-order valence-corrected chi connectivity index (χ4v) is 3.10. The molecule has 3 aromatic rings. The molecule has 1 atom stereocenters. The molecule has 5 nitrogen and oxygen atoms in total. The Morgan fingerprint density at radius 1 is 1.14 bits per heavy atom. The molecule has 0 saturated carbocycles. The van der Waals surface area contributed by atoms with Gasteiger partial charge in [0.25, 0.3) is 0 Å². The molecular weight excluding hydrogens is 381 g/mol. The monoisotopic (exact) mass is 404 g/mol. The SMILES string of the molecule is CC(C)c1ccc(CC(=O)N[C@H](C)c2cc3cnn(CC(F)(F)F)c3cn2)cc1. The number of carbonyl (C=O) groups excluding carboxylic acids is 1. The quantitative estimate of drug-likeness (QED) is 0.656. The Hall–Kier alpha value is -2.90. The third-order valence-electron chi connectivity index (χ3n) is 4.71. The number of hydrogen-bond acceptors (Lipinski definition) is 3. The van der Waals surface area contributed by atoms with Crippen LogP contribution in [0.3, 0.4) is 0 Å². The highest BCUT2D eigenvalue weighted by molar-refractivity contribution is 5.80. The maximum absolute atomic E-state index is 12.6. The minimum atomic E-state index is -4.35. The van der Waals surface area contributed by atoms with Crippen molar-refractivity contribution in [1.29, 1.82) is 0 Å². The summed E-state index contributed by atoms with van der Waals surface area (Å²) in [6.45, 7) is 4.84. The van der Waals surface area contributed by atoms with Crippen molar-refractivity contribution in [3.8, 4) is 0 Å². The highest BCUT2D eigenvalue weighted by atomic mass is 19.4. The lowest BCUT2D eigenvalue weighted by Gasteiger charge is -2.14. The maximum Gasteiger partial charge on any atom is 0.408 e. The van der Waals surface area contributed by atoms with Crippen molar-refractivity contribution in [3.63, 3.8) is 0 Å². The number of benzene rings is 1. The van der Waals surface area contributed by atoms with Crippen LogP contribution in [0, 0.1) is 0 Å². The summed E-state index contributed by atoms with van der Waals surface area (Å²) in [5.74, 6) is 0.281. The molecule has 29 heavy (non-hydrogen) atoms. The number of carbonyl (C=O) groups is 1. The summed E-state index contributed by atoms with van der Waals surface area (Å²) in [6.07, 6.45) is -1.38. The van der Waals surface area contributed by atoms with Crippen LogP contribution >= 0.6 is 0 Å². The summed E-state index contributed by atoms with van der Waals surface area (Å²) < 4.78 is 38.7. The number of amides is 1. The van der Waals surface area contributed by atoms with Crippen molar-refractivity contribution in [1.82, 2.24) is 20.1 Å². The van der Waals surface area contributed by atoms with Gasteiger partial charge >= 0.3 is 6.18 Å². The zero-order chi connectivity index (χ0) is 21.2. The van der Waals surface area contributed by atoms with E-state index < -0.39 is 12.7 Å². The van der Waals surface area contributed by atoms with Crippen LogP contribution in [0.5, 0.6) is 0 Å². The summed E-state index contributed by atoms with van der Waals surface area (Å²) >= 11 is 0. The number of rotatable bonds is 6. The number of pyridine rings is 1. The van der Waals surface area contributed by atoms with E-state index in [0.717, 1.165) is 10.2 Å². The first-order valence-corrected chi connectivity index (χ1v) is 9.39. The van der Waals surface area contributed by atoms with E-state index in [1.165, 1.54) is 18.0 Å². The Bertz CT molecular complexity index is 993. The topological polar surface area (TPSA) is 59.8 Å². The van der Waals surface area contributed by atoms with Crippen molar-refractivity contribution < 1.29 is 18.0 Å². The summed E-state index contributed by atoms with van der Waals surface area (Å²) in [4.78, 5) is 16.6. The Labute approximate surface area is 166 Å². The molecule has 0 aliphatic heterocycles. The molecule has 3 rings (SSSR count). The lowest BCUT2D eigenvalue weighted by Crippen LogP contribution is -2.28. The third kappa shape index (κ3) is 5.34. The Balaban J connectivity index is 1.66. The van der Waals surface area contributed by atoms with Crippen molar-refractivity contribution >= 4 is 16.8 Å². The third-order valence-corrected chi connectivity index (χ3v) is 4.71. The molecule has 0 saturated heterocycles. The van der Waals surface area contributed by atoms with Gasteiger partial charge in [-0.3, -0.25) is 14.5 Å². The van der Waals surface area contributed by atoms with Gasteiger partial charge in [0.2, 0.25) is 5.91 Å². The van der Waals surface area contributed by atoms with E-state index in [1.807, 2.05) is 24.3 Å². The van der Waals surface area contributed by atoms with Crippen LogP contribution in [0.1, 0.15) is 49.6 Å². The molecule has 0 radical (unpaired) electrons. The normalized spacial score (nSPS) is 13.1. The smallest absolute Gasteiger partial charge is 0.348 e. The van der Waals surface area contributed by atoms with Crippen molar-refractivity contribution in [2.75, 3.05) is 0 Å². The average molecular weight is 404 g/mol. The number of aromatic nitrogens is 3. The molecule has 0 spiro atoms. The number of hydrogen-bond donors (Lipinski definition) is 1. The summed E-state index contributed by atoms with van der Waals surface area (Å²) in [6, 6.07) is 9.19. The average Bonchev–Trinajstić information content (AvgIpc) is 3.02. The van der Waals surface area contributed by atoms with E-state index in [4.69, 9.17) is 0 Å². The zero-order valence-electron chi connectivity index (χ0n) is 16.5. The van der Waals surface area contributed by atoms with Crippen LogP contribution in [-0.4, -0.2) is 26.8 Å². The van der Waals surface area contributed by atoms with Crippen LogP contribution in [0.25, 0.3) is 10.9 Å². The van der Waals surface area contributed by atoms with Gasteiger partial charge in [-0.1, -0.05) is 38.1 Å². The van der Waals surface area contributed by atoms with Gasteiger partial charge in [0, 0.05) is 5.39 Å². The highest BCUT2D eigenvalue weighted by Gasteiger charge is 2.29. The van der Waals surface area contributed by atoms with Crippen LogP contribution < -0.4 is 5.32 Å². The standard InChI is InChI=1S/C21H23F3N4O/c1-13(2)16-6-4-15(5-7-16)8-20(29)27-14(3)18-9-17-10-26-28(12-21(22,23)24)19(17)11-25-18/h4-7,9-11,13-14H,8,12H2,1-3H3,(H,27,29)/t14-/m1/s1. The van der Waals surface area contributed by atoms with Crippen LogP contribution in [0.15, 0.2) is 42.7 Å². The van der Waals surface area contributed by atoms with Crippen molar-refractivity contribution in [3.05, 3.63) is 59.5 Å². The zero-order valence-corrected chi connectivity index (χ0v) is 16.5. The molecule has 154 valence electrons. The molecule has 1 N–H and O–H groups in total. The maximum atomic E-state index is 12.6. The molecule has 2 heterocycles. The van der Waals surface area contributed by atoms with Crippen LogP contribution in [-0.2, 0) is 17.8 Å². The fraction of sp³-hybridized carbons (Fsp3) is 0.381. The second kappa shape index (κ2) is 8.23. The minimum Gasteiger partial charge on any atom is -0.348 e. The summed E-state index contributed by atoms with van der Waals surface area (Å²) in [5, 5.41) is 7.22. The second-order valence-electron chi connectivity index (χ2n) is 7.45. The summed E-state index contributed by atoms with van der Waals surface area (Å²) in [5.41, 5.74) is 2.99. The molecule has 0 fully saturated rings. The number of halogens is 3. The molecule has 0 bridgehead atoms. The molecule has 8 heteroatoms. The Kier molecular flexibility index (Phi) is 5.91. The van der Waals surface area contributed by atoms with E-state index >= 15 is 0 Å². The number of alkyl halides is 3. The lowest BCUT2D eigenvalue weighted by molar-refractivity contribution is -0.141. The largest absolute Gasteiger partial charge is 0.408 e. The van der Waals surface area contributed by atoms with Crippen molar-refractivity contribution in [2.24, 2.45) is 0 Å². The van der Waals surface area contributed by atoms with E-state index in [0.29, 0.717) is 22.5 Å². The summed E-state index contributed by atoms with van der Waals surface area (Å²) in [7, 11) is 0. The molecular formula is C21H23F3N4O. The van der Waals surface area contributed by atoms with Gasteiger partial charge in [-0.05, 0) is 30.0 Å². The predicted molar refractivity (Wildman–Crippen MR) is 104 cm³/mol. The van der Waals surface area contributed by atoms with Gasteiger partial charge in [0.1, 0.15) is 6.54 Å². The fourth-order valence-electron chi connectivity index (χ4n) is 3.10. The van der Waals surface area contributed by atoms with E-state index in [-0.39, 0.29) is 18.4 Å². The first kappa shape index (κ1) is 20.8. The van der Waals surface area contributed by atoms with Gasteiger partial charge in [0.05, 0.1) is 36.1 Å². The molecule has 1 amide bonds. The van der Waals surface area contributed by atoms with Gasteiger partial charge in [0.15, 0.2) is 0 Å². The number of nitrogens with one attached hydrogen (secondary N) is 1.